The van der Waals surface area contributed by atoms with Gasteiger partial charge in [0.15, 0.2) is 0 Å². The molecule has 1 rings (SSSR count). The van der Waals surface area contributed by atoms with Crippen molar-refractivity contribution >= 4 is 17.3 Å². The zero-order chi connectivity index (χ0) is 16.0. The van der Waals surface area contributed by atoms with Crippen molar-refractivity contribution in [2.45, 2.75) is 25.8 Å². The number of rotatable bonds is 6. The SMILES string of the molecule is C#CCC(CC)Nc1ccc(C(=O)N(C)C)cc1[N+](=O)[O-]. The van der Waals surface area contributed by atoms with Crippen LogP contribution < -0.4 is 5.32 Å². The summed E-state index contributed by atoms with van der Waals surface area (Å²) in [5, 5.41) is 14.3. The van der Waals surface area contributed by atoms with E-state index in [0.29, 0.717) is 12.1 Å². The Hall–Kier alpha value is -2.55. The molecular weight excluding hydrogens is 270 g/mol. The minimum Gasteiger partial charge on any atom is -0.376 e. The maximum absolute atomic E-state index is 11.9. The first-order chi connectivity index (χ1) is 9.90. The third-order valence-corrected chi connectivity index (χ3v) is 3.06. The minimum atomic E-state index is -0.503. The van der Waals surface area contributed by atoms with Gasteiger partial charge in [0.25, 0.3) is 11.6 Å². The lowest BCUT2D eigenvalue weighted by Crippen LogP contribution is -2.22. The van der Waals surface area contributed by atoms with Crippen LogP contribution in [0.2, 0.25) is 0 Å². The molecule has 0 saturated heterocycles. The molecule has 0 aliphatic carbocycles. The van der Waals surface area contributed by atoms with Crippen molar-refractivity contribution in [3.05, 3.63) is 33.9 Å². The van der Waals surface area contributed by atoms with Crippen LogP contribution in [-0.4, -0.2) is 35.9 Å². The summed E-state index contributed by atoms with van der Waals surface area (Å²) in [6, 6.07) is 4.37. The van der Waals surface area contributed by atoms with Gasteiger partial charge in [0.1, 0.15) is 5.69 Å². The van der Waals surface area contributed by atoms with Gasteiger partial charge in [-0.2, -0.15) is 0 Å². The summed E-state index contributed by atoms with van der Waals surface area (Å²) >= 11 is 0. The van der Waals surface area contributed by atoms with E-state index in [1.54, 1.807) is 26.2 Å². The molecule has 1 N–H and O–H groups in total. The first-order valence-electron chi connectivity index (χ1n) is 6.60. The third kappa shape index (κ3) is 4.21. The largest absolute Gasteiger partial charge is 0.376 e. The Balaban J connectivity index is 3.14. The average molecular weight is 289 g/mol. The van der Waals surface area contributed by atoms with Crippen LogP contribution in [0.4, 0.5) is 11.4 Å². The Labute approximate surface area is 124 Å². The minimum absolute atomic E-state index is 0.0379. The number of hydrogen-bond donors (Lipinski definition) is 1. The fraction of sp³-hybridized carbons (Fsp3) is 0.400. The van der Waals surface area contributed by atoms with Gasteiger partial charge in [-0.15, -0.1) is 12.3 Å². The Bertz CT molecular complexity index is 576. The van der Waals surface area contributed by atoms with Crippen LogP contribution >= 0.6 is 0 Å². The molecule has 1 amide bonds. The number of nitro groups is 1. The van der Waals surface area contributed by atoms with Gasteiger partial charge in [-0.25, -0.2) is 0 Å². The van der Waals surface area contributed by atoms with Crippen molar-refractivity contribution < 1.29 is 9.72 Å². The van der Waals surface area contributed by atoms with E-state index < -0.39 is 4.92 Å². The zero-order valence-electron chi connectivity index (χ0n) is 12.4. The number of nitrogens with zero attached hydrogens (tertiary/aromatic N) is 2. The Kier molecular flexibility index (Phi) is 5.73. The van der Waals surface area contributed by atoms with E-state index in [1.807, 2.05) is 6.92 Å². The summed E-state index contributed by atoms with van der Waals surface area (Å²) in [6.45, 7) is 1.95. The van der Waals surface area contributed by atoms with E-state index in [1.165, 1.54) is 11.0 Å². The molecule has 0 bridgehead atoms. The van der Waals surface area contributed by atoms with Crippen LogP contribution in [-0.2, 0) is 0 Å². The van der Waals surface area contributed by atoms with Crippen LogP contribution in [0.5, 0.6) is 0 Å². The summed E-state index contributed by atoms with van der Waals surface area (Å²) in [6.07, 6.45) is 6.51. The van der Waals surface area contributed by atoms with Gasteiger partial charge in [0.05, 0.1) is 4.92 Å². The molecule has 21 heavy (non-hydrogen) atoms. The average Bonchev–Trinajstić information content (AvgIpc) is 2.45. The first-order valence-corrected chi connectivity index (χ1v) is 6.60. The molecule has 1 aromatic carbocycles. The van der Waals surface area contributed by atoms with Gasteiger partial charge in [0.2, 0.25) is 0 Å². The summed E-state index contributed by atoms with van der Waals surface area (Å²) < 4.78 is 0. The number of nitrogens with one attached hydrogen (secondary N) is 1. The summed E-state index contributed by atoms with van der Waals surface area (Å²) in [5.74, 6) is 2.26. The molecule has 0 saturated carbocycles. The van der Waals surface area contributed by atoms with Gasteiger partial charge in [-0.1, -0.05) is 6.92 Å². The molecule has 0 radical (unpaired) electrons. The van der Waals surface area contributed by atoms with Crippen LogP contribution in [0.15, 0.2) is 18.2 Å². The highest BCUT2D eigenvalue weighted by Gasteiger charge is 2.20. The van der Waals surface area contributed by atoms with Gasteiger partial charge < -0.3 is 10.2 Å². The number of carbonyl (C=O) groups excluding carboxylic acids is 1. The predicted octanol–water partition coefficient (Wildman–Crippen LogP) is 2.51. The van der Waals surface area contributed by atoms with Crippen molar-refractivity contribution in [1.29, 1.82) is 0 Å². The summed E-state index contributed by atoms with van der Waals surface area (Å²) in [4.78, 5) is 23.9. The molecule has 1 unspecified atom stereocenters. The van der Waals surface area contributed by atoms with E-state index in [4.69, 9.17) is 6.42 Å². The van der Waals surface area contributed by atoms with Crippen LogP contribution in [0.1, 0.15) is 30.1 Å². The van der Waals surface area contributed by atoms with Crippen LogP contribution in [0.3, 0.4) is 0 Å². The summed E-state index contributed by atoms with van der Waals surface area (Å²) in [7, 11) is 3.20. The molecular formula is C15H19N3O3. The number of nitro benzene ring substituents is 1. The number of terminal acetylenes is 1. The van der Waals surface area contributed by atoms with E-state index in [0.717, 1.165) is 6.42 Å². The number of anilines is 1. The van der Waals surface area contributed by atoms with Crippen molar-refractivity contribution in [1.82, 2.24) is 4.90 Å². The molecule has 1 atom stereocenters. The van der Waals surface area contributed by atoms with E-state index >= 15 is 0 Å². The molecule has 0 aliphatic heterocycles. The number of benzene rings is 1. The molecule has 0 aliphatic rings. The second-order valence-corrected chi connectivity index (χ2v) is 4.85. The molecule has 0 spiro atoms. The van der Waals surface area contributed by atoms with Crippen molar-refractivity contribution in [3.8, 4) is 12.3 Å². The summed E-state index contributed by atoms with van der Waals surface area (Å²) in [5.41, 5.74) is 0.526. The molecule has 1 aromatic rings. The lowest BCUT2D eigenvalue weighted by molar-refractivity contribution is -0.384. The molecule has 6 heteroatoms. The zero-order valence-corrected chi connectivity index (χ0v) is 12.4. The van der Waals surface area contributed by atoms with E-state index in [2.05, 4.69) is 11.2 Å². The van der Waals surface area contributed by atoms with Gasteiger partial charge >= 0.3 is 0 Å². The fourth-order valence-electron chi connectivity index (χ4n) is 1.86. The first kappa shape index (κ1) is 16.5. The molecule has 6 nitrogen and oxygen atoms in total. The quantitative estimate of drug-likeness (QED) is 0.496. The highest BCUT2D eigenvalue weighted by molar-refractivity contribution is 5.95. The second-order valence-electron chi connectivity index (χ2n) is 4.85. The molecule has 0 aromatic heterocycles. The van der Waals surface area contributed by atoms with Gasteiger partial charge in [-0.05, 0) is 18.6 Å². The number of carbonyl (C=O) groups is 1. The van der Waals surface area contributed by atoms with Gasteiger partial charge in [-0.3, -0.25) is 14.9 Å². The molecule has 112 valence electrons. The maximum Gasteiger partial charge on any atom is 0.293 e. The topological polar surface area (TPSA) is 75.5 Å². The predicted molar refractivity (Wildman–Crippen MR) is 82.3 cm³/mol. The van der Waals surface area contributed by atoms with Gasteiger partial charge in [0, 0.05) is 38.2 Å². The molecule has 0 fully saturated rings. The van der Waals surface area contributed by atoms with Crippen molar-refractivity contribution in [2.75, 3.05) is 19.4 Å². The fourth-order valence-corrected chi connectivity index (χ4v) is 1.86. The van der Waals surface area contributed by atoms with Crippen LogP contribution in [0, 0.1) is 22.5 Å². The monoisotopic (exact) mass is 289 g/mol. The number of hydrogen-bond acceptors (Lipinski definition) is 4. The van der Waals surface area contributed by atoms with Crippen molar-refractivity contribution in [3.63, 3.8) is 0 Å². The normalized spacial score (nSPS) is 11.3. The maximum atomic E-state index is 11.9. The van der Waals surface area contributed by atoms with Crippen LogP contribution in [0.25, 0.3) is 0 Å². The standard InChI is InChI=1S/C15H19N3O3/c1-5-7-12(6-2)16-13-9-8-11(15(19)17(3)4)10-14(13)18(20)21/h1,8-10,12,16H,6-7H2,2-4H3. The Morgan fingerprint density at radius 3 is 2.67 bits per heavy atom. The lowest BCUT2D eigenvalue weighted by Gasteiger charge is -2.16. The Morgan fingerprint density at radius 1 is 1.52 bits per heavy atom. The number of amides is 1. The molecule has 0 heterocycles. The highest BCUT2D eigenvalue weighted by Crippen LogP contribution is 2.27. The smallest absolute Gasteiger partial charge is 0.293 e. The Morgan fingerprint density at radius 2 is 2.19 bits per heavy atom. The second kappa shape index (κ2) is 7.29. The third-order valence-electron chi connectivity index (χ3n) is 3.06. The van der Waals surface area contributed by atoms with Crippen molar-refractivity contribution in [2.24, 2.45) is 0 Å². The van der Waals surface area contributed by atoms with E-state index in [9.17, 15) is 14.9 Å². The lowest BCUT2D eigenvalue weighted by atomic mass is 10.1. The van der Waals surface area contributed by atoms with E-state index in [-0.39, 0.29) is 23.2 Å². The highest BCUT2D eigenvalue weighted by atomic mass is 16.6.